The van der Waals surface area contributed by atoms with E-state index in [1.54, 1.807) is 51.4 Å². The van der Waals surface area contributed by atoms with Gasteiger partial charge in [0.2, 0.25) is 0 Å². The Morgan fingerprint density at radius 1 is 0.375 bits per heavy atom. The van der Waals surface area contributed by atoms with Gasteiger partial charge in [0.05, 0.1) is 6.10 Å². The van der Waals surface area contributed by atoms with Gasteiger partial charge in [-0.05, 0) is 111 Å². The van der Waals surface area contributed by atoms with Crippen molar-refractivity contribution in [1.82, 2.24) is 0 Å². The molecule has 6 saturated carbocycles. The summed E-state index contributed by atoms with van der Waals surface area (Å²) >= 11 is 0. The van der Waals surface area contributed by atoms with Gasteiger partial charge in [-0.25, -0.2) is 0 Å². The zero-order valence-corrected chi connectivity index (χ0v) is 20.9. The van der Waals surface area contributed by atoms with Crippen molar-refractivity contribution in [1.29, 1.82) is 0 Å². The van der Waals surface area contributed by atoms with Gasteiger partial charge in [-0.15, -0.1) is 0 Å². The molecule has 6 rings (SSSR count). The summed E-state index contributed by atoms with van der Waals surface area (Å²) in [7, 11) is 0. The monoisotopic (exact) mass is 440 g/mol. The molecule has 0 spiro atoms. The minimum absolute atomic E-state index is 0.0276. The topological polar surface area (TPSA) is 20.2 Å². The molecule has 6 aliphatic rings. The fourth-order valence-electron chi connectivity index (χ4n) is 11.4. The van der Waals surface area contributed by atoms with Gasteiger partial charge in [-0.2, -0.15) is 0 Å². The smallest absolute Gasteiger partial charge is 0.0571 e. The zero-order chi connectivity index (χ0) is 21.5. The lowest BCUT2D eigenvalue weighted by atomic mass is 9.48. The fourth-order valence-corrected chi connectivity index (χ4v) is 11.4. The molecule has 0 saturated heterocycles. The normalized spacial score (nSPS) is 50.5. The van der Waals surface area contributed by atoms with Gasteiger partial charge < -0.3 is 5.11 Å². The molecule has 0 aliphatic heterocycles. The van der Waals surface area contributed by atoms with Crippen LogP contribution in [0.15, 0.2) is 0 Å². The molecule has 6 aliphatic carbocycles. The van der Waals surface area contributed by atoms with E-state index in [-0.39, 0.29) is 6.10 Å². The van der Waals surface area contributed by atoms with Crippen LogP contribution in [0.25, 0.3) is 0 Å². The summed E-state index contributed by atoms with van der Waals surface area (Å²) in [6, 6.07) is 0. The Balaban J connectivity index is 1.35. The van der Waals surface area contributed by atoms with Crippen LogP contribution in [-0.4, -0.2) is 11.2 Å². The third kappa shape index (κ3) is 4.13. The molecule has 10 unspecified atom stereocenters. The SMILES string of the molecule is OC1CCC(C(C2CCCC3CCCCC32)C2CCCC3CCCCC32)C2CCCCC12. The summed E-state index contributed by atoms with van der Waals surface area (Å²) < 4.78 is 0. The average Bonchev–Trinajstić information content (AvgIpc) is 2.86. The molecule has 0 bridgehead atoms. The number of fused-ring (bicyclic) bond motifs is 3. The summed E-state index contributed by atoms with van der Waals surface area (Å²) in [5, 5.41) is 11.0. The van der Waals surface area contributed by atoms with Crippen LogP contribution in [-0.2, 0) is 0 Å². The van der Waals surface area contributed by atoms with E-state index in [1.807, 2.05) is 0 Å². The van der Waals surface area contributed by atoms with E-state index in [4.69, 9.17) is 0 Å². The third-order valence-corrected chi connectivity index (χ3v) is 12.5. The van der Waals surface area contributed by atoms with Crippen molar-refractivity contribution in [2.24, 2.45) is 59.2 Å². The molecule has 32 heavy (non-hydrogen) atoms. The maximum absolute atomic E-state index is 11.0. The average molecular weight is 441 g/mol. The van der Waals surface area contributed by atoms with E-state index in [0.29, 0.717) is 5.92 Å². The van der Waals surface area contributed by atoms with Crippen LogP contribution >= 0.6 is 0 Å². The molecule has 182 valence electrons. The van der Waals surface area contributed by atoms with Gasteiger partial charge in [0, 0.05) is 0 Å². The van der Waals surface area contributed by atoms with Gasteiger partial charge in [-0.3, -0.25) is 0 Å². The quantitative estimate of drug-likeness (QED) is 0.467. The molecule has 1 nitrogen and oxygen atoms in total. The van der Waals surface area contributed by atoms with Crippen LogP contribution in [0.3, 0.4) is 0 Å². The number of rotatable bonds is 3. The standard InChI is InChI=1S/C31H52O/c32-30-20-19-29(25-15-5-6-16-26(25)30)31(27-17-7-11-21-9-1-3-13-23(21)27)28-18-8-12-22-10-2-4-14-24(22)28/h21-32H,1-20H2. The van der Waals surface area contributed by atoms with Gasteiger partial charge >= 0.3 is 0 Å². The van der Waals surface area contributed by atoms with Crippen molar-refractivity contribution >= 4 is 0 Å². The largest absolute Gasteiger partial charge is 0.393 e. The maximum Gasteiger partial charge on any atom is 0.0571 e. The van der Waals surface area contributed by atoms with Crippen molar-refractivity contribution in [3.05, 3.63) is 0 Å². The van der Waals surface area contributed by atoms with Crippen LogP contribution in [0.1, 0.15) is 128 Å². The molecule has 1 heteroatoms. The van der Waals surface area contributed by atoms with Crippen LogP contribution < -0.4 is 0 Å². The van der Waals surface area contributed by atoms with Crippen molar-refractivity contribution in [2.75, 3.05) is 0 Å². The lowest BCUT2D eigenvalue weighted by Crippen LogP contribution is -2.51. The van der Waals surface area contributed by atoms with Crippen molar-refractivity contribution < 1.29 is 5.11 Å². The van der Waals surface area contributed by atoms with Crippen LogP contribution in [0.2, 0.25) is 0 Å². The first-order valence-electron chi connectivity index (χ1n) is 15.5. The second-order valence-electron chi connectivity index (χ2n) is 13.6. The molecular weight excluding hydrogens is 388 g/mol. The summed E-state index contributed by atoms with van der Waals surface area (Å²) in [6.45, 7) is 0. The summed E-state index contributed by atoms with van der Waals surface area (Å²) in [4.78, 5) is 0. The maximum atomic E-state index is 11.0. The minimum atomic E-state index is 0.0276. The van der Waals surface area contributed by atoms with E-state index >= 15 is 0 Å². The van der Waals surface area contributed by atoms with E-state index in [2.05, 4.69) is 0 Å². The fraction of sp³-hybridized carbons (Fsp3) is 1.00. The van der Waals surface area contributed by atoms with Crippen LogP contribution in [0.5, 0.6) is 0 Å². The molecule has 0 radical (unpaired) electrons. The number of aliphatic hydroxyl groups is 1. The molecule has 0 aromatic carbocycles. The zero-order valence-electron chi connectivity index (χ0n) is 20.9. The Kier molecular flexibility index (Phi) is 6.94. The molecule has 0 aromatic rings. The third-order valence-electron chi connectivity index (χ3n) is 12.5. The van der Waals surface area contributed by atoms with Crippen LogP contribution in [0.4, 0.5) is 0 Å². The first kappa shape index (κ1) is 22.4. The second kappa shape index (κ2) is 9.91. The predicted octanol–water partition coefficient (Wildman–Crippen LogP) is 8.39. The lowest BCUT2D eigenvalue weighted by molar-refractivity contribution is -0.0977. The Morgan fingerprint density at radius 2 is 0.812 bits per heavy atom. The van der Waals surface area contributed by atoms with Crippen molar-refractivity contribution in [3.63, 3.8) is 0 Å². The summed E-state index contributed by atoms with van der Waals surface area (Å²) in [6.07, 6.45) is 29.8. The molecule has 0 aromatic heterocycles. The highest BCUT2D eigenvalue weighted by molar-refractivity contribution is 5.01. The van der Waals surface area contributed by atoms with Gasteiger partial charge in [0.25, 0.3) is 0 Å². The van der Waals surface area contributed by atoms with E-state index in [0.717, 1.165) is 59.7 Å². The summed E-state index contributed by atoms with van der Waals surface area (Å²) in [5.74, 6) is 9.88. The molecule has 1 N–H and O–H groups in total. The number of hydrogen-bond donors (Lipinski definition) is 1. The van der Waals surface area contributed by atoms with E-state index < -0.39 is 0 Å². The Morgan fingerprint density at radius 3 is 1.41 bits per heavy atom. The van der Waals surface area contributed by atoms with Crippen molar-refractivity contribution in [2.45, 2.75) is 135 Å². The van der Waals surface area contributed by atoms with Crippen molar-refractivity contribution in [3.8, 4) is 0 Å². The van der Waals surface area contributed by atoms with Gasteiger partial charge in [0.1, 0.15) is 0 Å². The van der Waals surface area contributed by atoms with Gasteiger partial charge in [0.15, 0.2) is 0 Å². The predicted molar refractivity (Wildman–Crippen MR) is 133 cm³/mol. The Labute approximate surface area is 198 Å². The molecule has 6 fully saturated rings. The highest BCUT2D eigenvalue weighted by Gasteiger charge is 2.52. The van der Waals surface area contributed by atoms with E-state index in [9.17, 15) is 5.11 Å². The first-order valence-corrected chi connectivity index (χ1v) is 15.5. The number of aliphatic hydroxyl groups excluding tert-OH is 1. The van der Waals surface area contributed by atoms with Crippen LogP contribution in [0, 0.1) is 59.2 Å². The lowest BCUT2D eigenvalue weighted by Gasteiger charge is -2.57. The number of hydrogen-bond acceptors (Lipinski definition) is 1. The summed E-state index contributed by atoms with van der Waals surface area (Å²) in [5.41, 5.74) is 0. The molecule has 0 heterocycles. The Bertz CT molecular complexity index is 576. The highest BCUT2D eigenvalue weighted by atomic mass is 16.3. The second-order valence-corrected chi connectivity index (χ2v) is 13.6. The highest BCUT2D eigenvalue weighted by Crippen LogP contribution is 2.59. The van der Waals surface area contributed by atoms with E-state index in [1.165, 1.54) is 70.6 Å². The molecule has 10 atom stereocenters. The molecular formula is C31H52O. The Hall–Kier alpha value is -0.0400. The van der Waals surface area contributed by atoms with Gasteiger partial charge in [-0.1, -0.05) is 77.0 Å². The minimum Gasteiger partial charge on any atom is -0.393 e. The molecule has 0 amide bonds. The first-order chi connectivity index (χ1) is 15.8.